The molecule has 5 heteroatoms. The molecule has 4 rings (SSSR count). The van der Waals surface area contributed by atoms with Crippen molar-refractivity contribution in [1.82, 2.24) is 14.5 Å². The van der Waals surface area contributed by atoms with Crippen LogP contribution in [0.4, 0.5) is 0 Å². The van der Waals surface area contributed by atoms with Gasteiger partial charge in [0, 0.05) is 50.1 Å². The largest absolute Gasteiger partial charge is 0.474 e. The standard InChI is InChI=1S/C20H25N3O2/c1-22-14-15(8-9-20(22)24)18-6-3-7-19(21-18)25-17-10-12-23(13-11-17)16-4-2-5-16/h3,6-9,14,16-17H,2,4-5,10-13H2,1H3. The fourth-order valence-corrected chi connectivity index (χ4v) is 3.67. The van der Waals surface area contributed by atoms with Gasteiger partial charge in [0.2, 0.25) is 11.4 Å². The summed E-state index contributed by atoms with van der Waals surface area (Å²) < 4.78 is 7.71. The van der Waals surface area contributed by atoms with Gasteiger partial charge < -0.3 is 14.2 Å². The van der Waals surface area contributed by atoms with Gasteiger partial charge in [-0.05, 0) is 37.8 Å². The van der Waals surface area contributed by atoms with Gasteiger partial charge >= 0.3 is 0 Å². The third-order valence-corrected chi connectivity index (χ3v) is 5.46. The van der Waals surface area contributed by atoms with Crippen molar-refractivity contribution in [2.75, 3.05) is 13.1 Å². The number of nitrogens with zero attached hydrogens (tertiary/aromatic N) is 3. The summed E-state index contributed by atoms with van der Waals surface area (Å²) >= 11 is 0. The lowest BCUT2D eigenvalue weighted by atomic mass is 9.90. The lowest BCUT2D eigenvalue weighted by Crippen LogP contribution is -2.46. The normalized spacial score (nSPS) is 19.6. The van der Waals surface area contributed by atoms with Gasteiger partial charge in [-0.2, -0.15) is 0 Å². The van der Waals surface area contributed by atoms with E-state index in [2.05, 4.69) is 9.88 Å². The highest BCUT2D eigenvalue weighted by Gasteiger charge is 2.29. The first-order chi connectivity index (χ1) is 12.2. The molecule has 0 amide bonds. The maximum atomic E-state index is 11.5. The van der Waals surface area contributed by atoms with Gasteiger partial charge in [-0.1, -0.05) is 12.5 Å². The molecule has 0 spiro atoms. The Labute approximate surface area is 148 Å². The molecule has 1 saturated heterocycles. The summed E-state index contributed by atoms with van der Waals surface area (Å²) in [7, 11) is 1.75. The minimum Gasteiger partial charge on any atom is -0.474 e. The smallest absolute Gasteiger partial charge is 0.250 e. The SMILES string of the molecule is Cn1cc(-c2cccc(OC3CCN(C4CCC4)CC3)n2)ccc1=O. The van der Waals surface area contributed by atoms with Crippen molar-refractivity contribution in [2.45, 2.75) is 44.2 Å². The van der Waals surface area contributed by atoms with E-state index < -0.39 is 0 Å². The van der Waals surface area contributed by atoms with Crippen LogP contribution in [-0.4, -0.2) is 39.7 Å². The molecule has 3 heterocycles. The van der Waals surface area contributed by atoms with Crippen LogP contribution in [0.3, 0.4) is 0 Å². The summed E-state index contributed by atoms with van der Waals surface area (Å²) in [6, 6.07) is 10.0. The number of pyridine rings is 2. The maximum absolute atomic E-state index is 11.5. The van der Waals surface area contributed by atoms with Gasteiger partial charge in [0.05, 0.1) is 5.69 Å². The summed E-state index contributed by atoms with van der Waals surface area (Å²) in [6.07, 6.45) is 8.33. The molecule has 2 aliphatic rings. The van der Waals surface area contributed by atoms with Crippen LogP contribution in [0.25, 0.3) is 11.3 Å². The van der Waals surface area contributed by atoms with E-state index in [-0.39, 0.29) is 11.7 Å². The van der Waals surface area contributed by atoms with Crippen molar-refractivity contribution in [2.24, 2.45) is 7.05 Å². The lowest BCUT2D eigenvalue weighted by molar-refractivity contribution is 0.0475. The van der Waals surface area contributed by atoms with Crippen molar-refractivity contribution in [1.29, 1.82) is 0 Å². The first kappa shape index (κ1) is 16.3. The highest BCUT2D eigenvalue weighted by Crippen LogP contribution is 2.28. The number of aromatic nitrogens is 2. The second-order valence-electron chi connectivity index (χ2n) is 7.17. The predicted molar refractivity (Wildman–Crippen MR) is 97.8 cm³/mol. The number of rotatable bonds is 4. The van der Waals surface area contributed by atoms with Gasteiger partial charge in [-0.25, -0.2) is 4.98 Å². The van der Waals surface area contributed by atoms with E-state index in [1.165, 1.54) is 19.3 Å². The third kappa shape index (κ3) is 3.61. The zero-order valence-corrected chi connectivity index (χ0v) is 14.7. The van der Waals surface area contributed by atoms with Gasteiger partial charge in [0.1, 0.15) is 6.10 Å². The topological polar surface area (TPSA) is 47.4 Å². The minimum atomic E-state index is -0.0191. The molecule has 2 aromatic heterocycles. The van der Waals surface area contributed by atoms with Crippen LogP contribution in [0.5, 0.6) is 5.88 Å². The average Bonchev–Trinajstić information content (AvgIpc) is 2.58. The van der Waals surface area contributed by atoms with E-state index in [0.29, 0.717) is 5.88 Å². The fourth-order valence-electron chi connectivity index (χ4n) is 3.67. The highest BCUT2D eigenvalue weighted by molar-refractivity contribution is 5.58. The Morgan fingerprint density at radius 3 is 2.56 bits per heavy atom. The van der Waals surface area contributed by atoms with Crippen LogP contribution >= 0.6 is 0 Å². The molecule has 132 valence electrons. The number of likely N-dealkylation sites (tertiary alicyclic amines) is 1. The molecule has 0 atom stereocenters. The van der Waals surface area contributed by atoms with E-state index in [4.69, 9.17) is 4.74 Å². The van der Waals surface area contributed by atoms with Crippen LogP contribution < -0.4 is 10.3 Å². The third-order valence-electron chi connectivity index (χ3n) is 5.46. The molecular weight excluding hydrogens is 314 g/mol. The summed E-state index contributed by atoms with van der Waals surface area (Å²) in [6.45, 7) is 2.27. The Hall–Kier alpha value is -2.14. The molecule has 2 fully saturated rings. The monoisotopic (exact) mass is 339 g/mol. The number of hydrogen-bond acceptors (Lipinski definition) is 4. The summed E-state index contributed by atoms with van der Waals surface area (Å²) in [5.74, 6) is 0.674. The molecular formula is C20H25N3O2. The van der Waals surface area contributed by atoms with Gasteiger partial charge in [-0.3, -0.25) is 4.79 Å². The zero-order chi connectivity index (χ0) is 17.2. The molecule has 2 aromatic rings. The molecule has 5 nitrogen and oxygen atoms in total. The molecule has 0 bridgehead atoms. The van der Waals surface area contributed by atoms with Crippen LogP contribution in [-0.2, 0) is 7.05 Å². The quantitative estimate of drug-likeness (QED) is 0.859. The van der Waals surface area contributed by atoms with Crippen molar-refractivity contribution in [3.05, 3.63) is 46.9 Å². The molecule has 1 saturated carbocycles. The molecule has 0 unspecified atom stereocenters. The molecule has 0 aromatic carbocycles. The average molecular weight is 339 g/mol. The molecule has 25 heavy (non-hydrogen) atoms. The van der Waals surface area contributed by atoms with Gasteiger partial charge in [0.25, 0.3) is 0 Å². The van der Waals surface area contributed by atoms with Crippen molar-refractivity contribution in [3.8, 4) is 17.1 Å². The van der Waals surface area contributed by atoms with Crippen molar-refractivity contribution >= 4 is 0 Å². The van der Waals surface area contributed by atoms with Crippen LogP contribution in [0.1, 0.15) is 32.1 Å². The highest BCUT2D eigenvalue weighted by atomic mass is 16.5. The summed E-state index contributed by atoms with van der Waals surface area (Å²) in [5, 5.41) is 0. The Kier molecular flexibility index (Phi) is 4.57. The van der Waals surface area contributed by atoms with Crippen LogP contribution in [0.15, 0.2) is 41.3 Å². The summed E-state index contributed by atoms with van der Waals surface area (Å²) in [5.41, 5.74) is 1.74. The number of aryl methyl sites for hydroxylation is 1. The molecule has 1 aliphatic carbocycles. The Balaban J connectivity index is 1.41. The first-order valence-corrected chi connectivity index (χ1v) is 9.24. The van der Waals surface area contributed by atoms with E-state index in [9.17, 15) is 4.79 Å². The second-order valence-corrected chi connectivity index (χ2v) is 7.17. The van der Waals surface area contributed by atoms with E-state index in [1.807, 2.05) is 30.5 Å². The molecule has 1 aliphatic heterocycles. The van der Waals surface area contributed by atoms with Gasteiger partial charge in [-0.15, -0.1) is 0 Å². The van der Waals surface area contributed by atoms with Gasteiger partial charge in [0.15, 0.2) is 0 Å². The molecule has 0 radical (unpaired) electrons. The maximum Gasteiger partial charge on any atom is 0.250 e. The Morgan fingerprint density at radius 1 is 1.08 bits per heavy atom. The Bertz CT molecular complexity index is 790. The van der Waals surface area contributed by atoms with Crippen molar-refractivity contribution < 1.29 is 4.74 Å². The predicted octanol–water partition coefficient (Wildman–Crippen LogP) is 2.84. The number of ether oxygens (including phenoxy) is 1. The van der Waals surface area contributed by atoms with Crippen LogP contribution in [0.2, 0.25) is 0 Å². The summed E-state index contributed by atoms with van der Waals surface area (Å²) in [4.78, 5) is 18.8. The van der Waals surface area contributed by atoms with Crippen LogP contribution in [0, 0.1) is 0 Å². The minimum absolute atomic E-state index is 0.0191. The van der Waals surface area contributed by atoms with E-state index in [1.54, 1.807) is 17.7 Å². The fraction of sp³-hybridized carbons (Fsp3) is 0.500. The molecule has 0 N–H and O–H groups in total. The van der Waals surface area contributed by atoms with Crippen molar-refractivity contribution in [3.63, 3.8) is 0 Å². The second kappa shape index (κ2) is 7.00. The Morgan fingerprint density at radius 2 is 1.88 bits per heavy atom. The number of piperidine rings is 1. The first-order valence-electron chi connectivity index (χ1n) is 9.24. The lowest BCUT2D eigenvalue weighted by Gasteiger charge is -2.41. The van der Waals surface area contributed by atoms with E-state index >= 15 is 0 Å². The van der Waals surface area contributed by atoms with E-state index in [0.717, 1.165) is 43.2 Å². The number of hydrogen-bond donors (Lipinski definition) is 0. The zero-order valence-electron chi connectivity index (χ0n) is 14.7.